The number of fused-ring (bicyclic) bond motifs is 5. The Morgan fingerprint density at radius 2 is 1.37 bits per heavy atom. The lowest BCUT2D eigenvalue weighted by molar-refractivity contribution is 1.08. The SMILES string of the molecule is C=CN=C(C=C)c1ccc(N2c3cc4c(cc3-c3cccc5cccc2c35)c2cc(-c3ccccc3)ccc2n4-c2ccc(-c3ccccn3)cn2)nc1. The van der Waals surface area contributed by atoms with Gasteiger partial charge in [-0.2, -0.15) is 0 Å². The predicted octanol–water partition coefficient (Wildman–Crippen LogP) is 12.0. The summed E-state index contributed by atoms with van der Waals surface area (Å²) >= 11 is 0. The van der Waals surface area contributed by atoms with Crippen LogP contribution in [0.4, 0.5) is 17.2 Å². The Morgan fingerprint density at radius 1 is 0.574 bits per heavy atom. The van der Waals surface area contributed by atoms with Crippen molar-refractivity contribution in [2.24, 2.45) is 4.99 Å². The first-order valence-corrected chi connectivity index (χ1v) is 17.9. The van der Waals surface area contributed by atoms with Gasteiger partial charge in [0.15, 0.2) is 0 Å². The molecule has 0 saturated carbocycles. The Bertz CT molecular complexity index is 2940. The maximum Gasteiger partial charge on any atom is 0.137 e. The molecule has 54 heavy (non-hydrogen) atoms. The molecule has 6 nitrogen and oxygen atoms in total. The Hall–Kier alpha value is -7.44. The van der Waals surface area contributed by atoms with Gasteiger partial charge in [-0.25, -0.2) is 9.97 Å². The van der Waals surface area contributed by atoms with Crippen molar-refractivity contribution in [3.05, 3.63) is 189 Å². The Balaban J connectivity index is 1.25. The number of aliphatic imine (C=N–C) groups is 1. The quantitative estimate of drug-likeness (QED) is 0.156. The molecule has 0 radical (unpaired) electrons. The summed E-state index contributed by atoms with van der Waals surface area (Å²) in [6.45, 7) is 7.71. The van der Waals surface area contributed by atoms with Crippen molar-refractivity contribution in [3.8, 4) is 39.3 Å². The molecule has 6 heteroatoms. The lowest BCUT2D eigenvalue weighted by Crippen LogP contribution is -2.16. The Labute approximate surface area is 312 Å². The van der Waals surface area contributed by atoms with Gasteiger partial charge in [0, 0.05) is 57.6 Å². The van der Waals surface area contributed by atoms with Crippen LogP contribution < -0.4 is 4.90 Å². The topological polar surface area (TPSA) is 59.2 Å². The van der Waals surface area contributed by atoms with E-state index in [4.69, 9.17) is 9.97 Å². The zero-order valence-electron chi connectivity index (χ0n) is 29.3. The first-order valence-electron chi connectivity index (χ1n) is 17.9. The van der Waals surface area contributed by atoms with Crippen LogP contribution in [0.2, 0.25) is 0 Å². The highest BCUT2D eigenvalue weighted by atomic mass is 15.2. The van der Waals surface area contributed by atoms with Gasteiger partial charge in [0.2, 0.25) is 0 Å². The molecule has 0 unspecified atom stereocenters. The van der Waals surface area contributed by atoms with Gasteiger partial charge in [-0.3, -0.25) is 19.4 Å². The van der Waals surface area contributed by atoms with Gasteiger partial charge >= 0.3 is 0 Å². The minimum Gasteiger partial charge on any atom is -0.294 e. The molecule has 0 bridgehead atoms. The van der Waals surface area contributed by atoms with Crippen molar-refractivity contribution in [3.63, 3.8) is 0 Å². The zero-order valence-corrected chi connectivity index (χ0v) is 29.3. The van der Waals surface area contributed by atoms with E-state index in [9.17, 15) is 0 Å². The molecule has 5 heterocycles. The summed E-state index contributed by atoms with van der Waals surface area (Å²) in [5, 5.41) is 4.67. The summed E-state index contributed by atoms with van der Waals surface area (Å²) in [5.74, 6) is 1.63. The number of nitrogens with zero attached hydrogens (tertiary/aromatic N) is 6. The van der Waals surface area contributed by atoms with Crippen LogP contribution in [0, 0.1) is 0 Å². The average molecular weight is 693 g/mol. The number of aromatic nitrogens is 4. The summed E-state index contributed by atoms with van der Waals surface area (Å²) in [4.78, 5) is 21.3. The maximum atomic E-state index is 5.05. The number of rotatable bonds is 7. The van der Waals surface area contributed by atoms with E-state index in [1.165, 1.54) is 28.1 Å². The van der Waals surface area contributed by atoms with Gasteiger partial charge in [-0.15, -0.1) is 0 Å². The third-order valence-electron chi connectivity index (χ3n) is 10.3. The molecule has 0 fully saturated rings. The van der Waals surface area contributed by atoms with Crippen LogP contribution in [0.5, 0.6) is 0 Å². The van der Waals surface area contributed by atoms with Crippen LogP contribution in [0.3, 0.4) is 0 Å². The summed E-state index contributed by atoms with van der Waals surface area (Å²) < 4.78 is 2.28. The van der Waals surface area contributed by atoms with Gasteiger partial charge in [0.05, 0.1) is 33.8 Å². The summed E-state index contributed by atoms with van der Waals surface area (Å²) in [5.41, 5.74) is 12.3. The van der Waals surface area contributed by atoms with E-state index >= 15 is 0 Å². The molecule has 9 aromatic rings. The van der Waals surface area contributed by atoms with Gasteiger partial charge in [-0.1, -0.05) is 86.0 Å². The molecule has 10 rings (SSSR count). The summed E-state index contributed by atoms with van der Waals surface area (Å²) in [6, 6.07) is 49.2. The Morgan fingerprint density at radius 3 is 2.13 bits per heavy atom. The highest BCUT2D eigenvalue weighted by Gasteiger charge is 2.29. The van der Waals surface area contributed by atoms with Gasteiger partial charge in [0.25, 0.3) is 0 Å². The minimum atomic E-state index is 0.721. The van der Waals surface area contributed by atoms with Gasteiger partial charge in [0.1, 0.15) is 11.6 Å². The molecule has 0 spiro atoms. The fourth-order valence-corrected chi connectivity index (χ4v) is 7.84. The fourth-order valence-electron chi connectivity index (χ4n) is 7.84. The van der Waals surface area contributed by atoms with E-state index in [2.05, 4.69) is 148 Å². The lowest BCUT2D eigenvalue weighted by atomic mass is 9.90. The molecular weight excluding hydrogens is 661 g/mol. The molecule has 1 aliphatic heterocycles. The van der Waals surface area contributed by atoms with E-state index in [1.54, 1.807) is 6.08 Å². The van der Waals surface area contributed by atoms with Crippen molar-refractivity contribution >= 4 is 55.5 Å². The van der Waals surface area contributed by atoms with E-state index in [1.807, 2.05) is 42.9 Å². The first-order chi connectivity index (χ1) is 26.7. The number of hydrogen-bond donors (Lipinski definition) is 0. The second-order valence-corrected chi connectivity index (χ2v) is 13.3. The number of allylic oxidation sites excluding steroid dienone is 1. The second kappa shape index (κ2) is 12.7. The van der Waals surface area contributed by atoms with E-state index in [-0.39, 0.29) is 0 Å². The summed E-state index contributed by atoms with van der Waals surface area (Å²) in [6.07, 6.45) is 8.82. The number of anilines is 3. The van der Waals surface area contributed by atoms with E-state index in [0.29, 0.717) is 0 Å². The molecule has 4 aromatic heterocycles. The van der Waals surface area contributed by atoms with Crippen molar-refractivity contribution in [1.82, 2.24) is 19.5 Å². The monoisotopic (exact) mass is 692 g/mol. The normalized spacial score (nSPS) is 12.3. The minimum absolute atomic E-state index is 0.721. The number of pyridine rings is 3. The maximum absolute atomic E-state index is 5.05. The molecule has 0 aliphatic carbocycles. The predicted molar refractivity (Wildman–Crippen MR) is 223 cm³/mol. The molecule has 0 amide bonds. The summed E-state index contributed by atoms with van der Waals surface area (Å²) in [7, 11) is 0. The molecule has 0 N–H and O–H groups in total. The second-order valence-electron chi connectivity index (χ2n) is 13.3. The molecule has 5 aromatic carbocycles. The number of hydrogen-bond acceptors (Lipinski definition) is 5. The lowest BCUT2D eigenvalue weighted by Gasteiger charge is -2.33. The molecule has 1 aliphatic rings. The van der Waals surface area contributed by atoms with Crippen molar-refractivity contribution in [1.29, 1.82) is 0 Å². The van der Waals surface area contributed by atoms with Crippen molar-refractivity contribution in [2.75, 3.05) is 4.90 Å². The van der Waals surface area contributed by atoms with Crippen LogP contribution in [-0.2, 0) is 0 Å². The highest BCUT2D eigenvalue weighted by molar-refractivity contribution is 6.19. The van der Waals surface area contributed by atoms with Crippen LogP contribution in [0.25, 0.3) is 71.9 Å². The van der Waals surface area contributed by atoms with Gasteiger partial charge < -0.3 is 0 Å². The largest absolute Gasteiger partial charge is 0.294 e. The van der Waals surface area contributed by atoms with Crippen molar-refractivity contribution < 1.29 is 0 Å². The first kappa shape index (κ1) is 31.3. The fraction of sp³-hybridized carbons (Fsp3) is 0. The number of benzene rings is 5. The average Bonchev–Trinajstić information content (AvgIpc) is 3.56. The van der Waals surface area contributed by atoms with Crippen LogP contribution >= 0.6 is 0 Å². The zero-order chi connectivity index (χ0) is 36.2. The van der Waals surface area contributed by atoms with Gasteiger partial charge in [-0.05, 0) is 94.9 Å². The Kier molecular flexibility index (Phi) is 7.34. The smallest absolute Gasteiger partial charge is 0.137 e. The highest BCUT2D eigenvalue weighted by Crippen LogP contribution is 2.52. The standard InChI is InChI=1S/C48H32N6/c1-3-40(49-4-2)34-20-23-47(51-29-34)54-43-18-11-15-32-14-10-16-36(48(32)43)38-27-39-37-26-33(31-12-6-5-7-13-31)19-22-42(37)53(45(39)28-44(38)54)46-24-21-35(30-52-46)41-17-8-9-25-50-41/h3-30H,1-2H2. The van der Waals surface area contributed by atoms with E-state index < -0.39 is 0 Å². The molecule has 0 atom stereocenters. The van der Waals surface area contributed by atoms with E-state index in [0.717, 1.165) is 78.5 Å². The van der Waals surface area contributed by atoms with Crippen LogP contribution in [-0.4, -0.2) is 25.2 Å². The molecule has 0 saturated heterocycles. The third-order valence-corrected chi connectivity index (χ3v) is 10.3. The van der Waals surface area contributed by atoms with Crippen LogP contribution in [0.15, 0.2) is 189 Å². The van der Waals surface area contributed by atoms with Crippen molar-refractivity contribution in [2.45, 2.75) is 0 Å². The van der Waals surface area contributed by atoms with Crippen LogP contribution in [0.1, 0.15) is 5.56 Å². The third kappa shape index (κ3) is 4.96. The molecular formula is C48H32N6. The molecule has 254 valence electrons.